The minimum atomic E-state index is -1.11. The zero-order valence-electron chi connectivity index (χ0n) is 15.3. The third kappa shape index (κ3) is 3.73. The summed E-state index contributed by atoms with van der Waals surface area (Å²) in [7, 11) is 0. The molecule has 2 aromatic rings. The second kappa shape index (κ2) is 8.31. The first kappa shape index (κ1) is 21.0. The van der Waals surface area contributed by atoms with Gasteiger partial charge in [0.05, 0.1) is 17.9 Å². The number of nitro groups is 1. The van der Waals surface area contributed by atoms with Gasteiger partial charge in [-0.25, -0.2) is 0 Å². The molecule has 2 aliphatic heterocycles. The lowest BCUT2D eigenvalue weighted by Crippen LogP contribution is -2.46. The van der Waals surface area contributed by atoms with Gasteiger partial charge in [-0.1, -0.05) is 28.1 Å². The molecule has 1 atom stereocenters. The Morgan fingerprint density at radius 3 is 2.39 bits per heavy atom. The molecule has 1 unspecified atom stereocenters. The van der Waals surface area contributed by atoms with Crippen LogP contribution in [0.1, 0.15) is 36.8 Å². The minimum Gasteiger partial charge on any atom is -0.362 e. The van der Waals surface area contributed by atoms with E-state index in [2.05, 4.69) is 25.6 Å². The molecule has 2 aromatic carbocycles. The molecule has 6 nitrogen and oxygen atoms in total. The van der Waals surface area contributed by atoms with Crippen molar-refractivity contribution in [1.82, 2.24) is 5.01 Å². The normalized spacial score (nSPS) is 21.7. The second-order valence-electron chi connectivity index (χ2n) is 7.06. The number of fused-ring (bicyclic) bond motifs is 1. The maximum Gasteiger partial charge on any atom is 0.269 e. The van der Waals surface area contributed by atoms with Crippen molar-refractivity contribution in [3.05, 3.63) is 74.2 Å². The molecule has 0 aliphatic carbocycles. The van der Waals surface area contributed by atoms with E-state index in [9.17, 15) is 15.2 Å². The van der Waals surface area contributed by atoms with Crippen molar-refractivity contribution >= 4 is 44.3 Å². The van der Waals surface area contributed by atoms with Crippen molar-refractivity contribution in [3.63, 3.8) is 0 Å². The highest BCUT2D eigenvalue weighted by molar-refractivity contribution is 9.10. The van der Waals surface area contributed by atoms with Crippen LogP contribution < -0.4 is 0 Å². The standard InChI is InChI=1S/C20H21BrN3O3.BrH/c21-17-8-6-16(7-9-17)20(25)14-19(22-12-2-1-3-13-23(20)22)15-4-10-18(11-5-15)24(26)27;/h4-11,25H,1-3,12-14H2;1H/q+1;. The lowest BCUT2D eigenvalue weighted by atomic mass is 9.94. The van der Waals surface area contributed by atoms with E-state index in [1.807, 2.05) is 24.3 Å². The fourth-order valence-corrected chi connectivity index (χ4v) is 4.28. The Hall–Kier alpha value is -1.77. The zero-order valence-corrected chi connectivity index (χ0v) is 18.6. The lowest BCUT2D eigenvalue weighted by molar-refractivity contribution is -0.706. The van der Waals surface area contributed by atoms with E-state index in [0.717, 1.165) is 53.7 Å². The highest BCUT2D eigenvalue weighted by atomic mass is 79.9. The predicted octanol–water partition coefficient (Wildman–Crippen LogP) is 4.39. The summed E-state index contributed by atoms with van der Waals surface area (Å²) in [5, 5.41) is 24.7. The van der Waals surface area contributed by atoms with Crippen LogP contribution >= 0.6 is 32.9 Å². The van der Waals surface area contributed by atoms with Crippen LogP contribution in [0.4, 0.5) is 5.69 Å². The zero-order chi connectivity index (χ0) is 19.0. The van der Waals surface area contributed by atoms with Gasteiger partial charge in [0.15, 0.2) is 6.54 Å². The number of hydrazone groups is 1. The average Bonchev–Trinajstić information content (AvgIpc) is 2.82. The van der Waals surface area contributed by atoms with Gasteiger partial charge in [-0.05, 0) is 37.1 Å². The van der Waals surface area contributed by atoms with Gasteiger partial charge in [-0.2, -0.15) is 0 Å². The molecule has 2 aliphatic rings. The van der Waals surface area contributed by atoms with Crippen LogP contribution in [0.15, 0.2) is 53.0 Å². The number of rotatable bonds is 3. The molecule has 1 fully saturated rings. The first-order chi connectivity index (χ1) is 13.0. The van der Waals surface area contributed by atoms with E-state index in [4.69, 9.17) is 0 Å². The van der Waals surface area contributed by atoms with E-state index in [0.29, 0.717) is 6.42 Å². The van der Waals surface area contributed by atoms with E-state index < -0.39 is 5.72 Å². The number of non-ortho nitro benzene ring substituents is 1. The van der Waals surface area contributed by atoms with Crippen molar-refractivity contribution in [2.75, 3.05) is 13.1 Å². The highest BCUT2D eigenvalue weighted by Crippen LogP contribution is 2.38. The summed E-state index contributed by atoms with van der Waals surface area (Å²) in [5.41, 5.74) is 1.75. The van der Waals surface area contributed by atoms with Crippen LogP contribution in [-0.2, 0) is 5.72 Å². The fourth-order valence-electron chi connectivity index (χ4n) is 4.02. The first-order valence-electron chi connectivity index (χ1n) is 9.13. The van der Waals surface area contributed by atoms with Gasteiger partial charge in [0.1, 0.15) is 0 Å². The van der Waals surface area contributed by atoms with Crippen LogP contribution in [0.2, 0.25) is 0 Å². The molecule has 1 saturated heterocycles. The molecule has 0 radical (unpaired) electrons. The van der Waals surface area contributed by atoms with Crippen molar-refractivity contribution in [2.45, 2.75) is 31.4 Å². The molecule has 0 aromatic heterocycles. The SMILES string of the molecule is Br.O=[N+]([O-])c1ccc(C2=[N+]3CCCCCN3C(O)(c3ccc(Br)cc3)C2)cc1. The van der Waals surface area contributed by atoms with Crippen LogP contribution in [0, 0.1) is 10.1 Å². The molecule has 28 heavy (non-hydrogen) atoms. The molecule has 2 heterocycles. The Morgan fingerprint density at radius 1 is 1.07 bits per heavy atom. The number of halogens is 2. The maximum atomic E-state index is 11.7. The summed E-state index contributed by atoms with van der Waals surface area (Å²) in [6.07, 6.45) is 3.66. The van der Waals surface area contributed by atoms with Crippen LogP contribution in [0.25, 0.3) is 0 Å². The largest absolute Gasteiger partial charge is 0.362 e. The molecule has 0 bridgehead atoms. The third-order valence-corrected chi connectivity index (χ3v) is 5.93. The van der Waals surface area contributed by atoms with Gasteiger partial charge in [0, 0.05) is 34.2 Å². The molecule has 0 saturated carbocycles. The van der Waals surface area contributed by atoms with Gasteiger partial charge in [0.25, 0.3) is 5.69 Å². The maximum absolute atomic E-state index is 11.7. The van der Waals surface area contributed by atoms with E-state index in [-0.39, 0.29) is 27.6 Å². The molecular weight excluding hydrogens is 490 g/mol. The van der Waals surface area contributed by atoms with Crippen LogP contribution in [0.3, 0.4) is 0 Å². The van der Waals surface area contributed by atoms with Gasteiger partial charge in [-0.15, -0.1) is 26.7 Å². The summed E-state index contributed by atoms with van der Waals surface area (Å²) in [6, 6.07) is 14.4. The number of benzene rings is 2. The number of aliphatic hydroxyl groups is 1. The number of nitro benzene ring substituents is 1. The summed E-state index contributed by atoms with van der Waals surface area (Å²) < 4.78 is 3.15. The summed E-state index contributed by atoms with van der Waals surface area (Å²) >= 11 is 3.45. The van der Waals surface area contributed by atoms with E-state index >= 15 is 0 Å². The highest BCUT2D eigenvalue weighted by Gasteiger charge is 2.52. The minimum absolute atomic E-state index is 0. The Balaban J connectivity index is 0.00000225. The molecule has 1 N–H and O–H groups in total. The first-order valence-corrected chi connectivity index (χ1v) is 9.92. The molecule has 0 spiro atoms. The van der Waals surface area contributed by atoms with Gasteiger partial charge < -0.3 is 5.11 Å². The monoisotopic (exact) mass is 510 g/mol. The number of nitrogens with zero attached hydrogens (tertiary/aromatic N) is 3. The molecular formula is C20H22Br2N3O3+. The Bertz CT molecular complexity index is 900. The Morgan fingerprint density at radius 2 is 1.75 bits per heavy atom. The Labute approximate surface area is 182 Å². The van der Waals surface area contributed by atoms with Gasteiger partial charge >= 0.3 is 0 Å². The van der Waals surface area contributed by atoms with Crippen LogP contribution in [-0.4, -0.2) is 38.5 Å². The van der Waals surface area contributed by atoms with Crippen molar-refractivity contribution in [1.29, 1.82) is 0 Å². The molecule has 0 amide bonds. The van der Waals surface area contributed by atoms with Gasteiger partial charge in [-0.3, -0.25) is 10.1 Å². The average molecular weight is 512 g/mol. The molecule has 148 valence electrons. The summed E-state index contributed by atoms with van der Waals surface area (Å²) in [6.45, 7) is 1.62. The lowest BCUT2D eigenvalue weighted by Gasteiger charge is -2.30. The van der Waals surface area contributed by atoms with E-state index in [1.165, 1.54) is 12.1 Å². The van der Waals surface area contributed by atoms with Crippen molar-refractivity contribution < 1.29 is 14.7 Å². The molecule has 4 rings (SSSR count). The number of hydrogen-bond donors (Lipinski definition) is 1. The second-order valence-corrected chi connectivity index (χ2v) is 7.97. The summed E-state index contributed by atoms with van der Waals surface area (Å²) in [4.78, 5) is 10.6. The topological polar surface area (TPSA) is 69.6 Å². The number of hydrogen-bond acceptors (Lipinski definition) is 4. The molecule has 8 heteroatoms. The van der Waals surface area contributed by atoms with Crippen LogP contribution in [0.5, 0.6) is 0 Å². The van der Waals surface area contributed by atoms with Gasteiger partial charge in [0.2, 0.25) is 11.4 Å². The van der Waals surface area contributed by atoms with Crippen molar-refractivity contribution in [3.8, 4) is 0 Å². The Kier molecular flexibility index (Phi) is 6.21. The van der Waals surface area contributed by atoms with Crippen molar-refractivity contribution in [2.24, 2.45) is 0 Å². The smallest absolute Gasteiger partial charge is 0.269 e. The number of hydrazine groups is 1. The quantitative estimate of drug-likeness (QED) is 0.377. The fraction of sp³-hybridized carbons (Fsp3) is 0.350. The predicted molar refractivity (Wildman–Crippen MR) is 116 cm³/mol. The van der Waals surface area contributed by atoms with E-state index in [1.54, 1.807) is 12.1 Å². The third-order valence-electron chi connectivity index (χ3n) is 5.40. The summed E-state index contributed by atoms with van der Waals surface area (Å²) in [5.74, 6) is 0.